The van der Waals surface area contributed by atoms with Gasteiger partial charge in [0.15, 0.2) is 5.69 Å². The number of anilines is 1. The Balaban J connectivity index is 1.60. The molecule has 1 atom stereocenters. The van der Waals surface area contributed by atoms with Gasteiger partial charge in [-0.2, -0.15) is 5.10 Å². The number of aromatic nitrogens is 2. The number of carbonyl (C=O) groups excluding carboxylic acids is 2. The number of β-amino-alcohol motifs (C(OH)–C–C–N with tert-alkyl or cyclic N) is 1. The third-order valence-corrected chi connectivity index (χ3v) is 4.54. The Bertz CT molecular complexity index is 833. The number of aryl methyl sites for hydroxylation is 1. The summed E-state index contributed by atoms with van der Waals surface area (Å²) >= 11 is 0. The Morgan fingerprint density at radius 2 is 2.26 bits per heavy atom. The van der Waals surface area contributed by atoms with E-state index in [0.29, 0.717) is 13.1 Å². The van der Waals surface area contributed by atoms with E-state index in [1.165, 1.54) is 16.3 Å². The van der Waals surface area contributed by atoms with Crippen LogP contribution in [0.3, 0.4) is 0 Å². The molecule has 144 valence electrons. The van der Waals surface area contributed by atoms with Gasteiger partial charge in [0.05, 0.1) is 12.6 Å². The summed E-state index contributed by atoms with van der Waals surface area (Å²) in [4.78, 5) is 26.6. The maximum atomic E-state index is 12.4. The Morgan fingerprint density at radius 1 is 1.44 bits per heavy atom. The van der Waals surface area contributed by atoms with Gasteiger partial charge < -0.3 is 20.6 Å². The molecule has 27 heavy (non-hydrogen) atoms. The fourth-order valence-corrected chi connectivity index (χ4v) is 3.10. The predicted molar refractivity (Wildman–Crippen MR) is 102 cm³/mol. The number of nitrogens with one attached hydrogen (secondary N) is 2. The fourth-order valence-electron chi connectivity index (χ4n) is 3.10. The summed E-state index contributed by atoms with van der Waals surface area (Å²) in [5, 5.41) is 19.4. The summed E-state index contributed by atoms with van der Waals surface area (Å²) in [5.74, 6) is -0.673. The number of aliphatic hydroxyl groups excluding tert-OH is 1. The minimum atomic E-state index is -0.724. The van der Waals surface area contributed by atoms with Crippen molar-refractivity contribution in [1.82, 2.24) is 20.4 Å². The molecule has 2 amide bonds. The van der Waals surface area contributed by atoms with Crippen LogP contribution < -0.4 is 15.5 Å². The lowest BCUT2D eigenvalue weighted by molar-refractivity contribution is 0.0931. The highest BCUT2D eigenvalue weighted by Gasteiger charge is 2.24. The lowest BCUT2D eigenvalue weighted by atomic mass is 10.2. The second kappa shape index (κ2) is 8.22. The van der Waals surface area contributed by atoms with Crippen LogP contribution in [0, 0.1) is 6.92 Å². The van der Waals surface area contributed by atoms with Crippen molar-refractivity contribution >= 4 is 17.5 Å². The van der Waals surface area contributed by atoms with Gasteiger partial charge in [-0.1, -0.05) is 12.1 Å². The highest BCUT2D eigenvalue weighted by Crippen LogP contribution is 2.15. The zero-order valence-corrected chi connectivity index (χ0v) is 15.6. The smallest absolute Gasteiger partial charge is 0.271 e. The largest absolute Gasteiger partial charge is 0.389 e. The topological polar surface area (TPSA) is 99.5 Å². The normalized spacial score (nSPS) is 16.3. The summed E-state index contributed by atoms with van der Waals surface area (Å²) in [7, 11) is 0. The molecule has 0 spiro atoms. The maximum Gasteiger partial charge on any atom is 0.271 e. The summed E-state index contributed by atoms with van der Waals surface area (Å²) in [6.45, 7) is 6.43. The first-order valence-electron chi connectivity index (χ1n) is 9.12. The van der Waals surface area contributed by atoms with E-state index in [0.717, 1.165) is 12.2 Å². The number of benzene rings is 1. The Morgan fingerprint density at radius 3 is 3.00 bits per heavy atom. The standard InChI is InChI=1S/C19H25N5O3/c1-3-23(14-6-4-5-13(2)9-14)8-7-20-18(26)16-10-17-19(27)21-11-15(25)12-24(17)22-16/h4-6,9-10,15,25H,3,7-8,11-12H2,1-2H3,(H,20,26)(H,21,27). The molecular formula is C19H25N5O3. The quantitative estimate of drug-likeness (QED) is 0.689. The van der Waals surface area contributed by atoms with Gasteiger partial charge >= 0.3 is 0 Å². The molecule has 8 nitrogen and oxygen atoms in total. The van der Waals surface area contributed by atoms with Gasteiger partial charge in [0.25, 0.3) is 11.8 Å². The van der Waals surface area contributed by atoms with E-state index in [-0.39, 0.29) is 36.3 Å². The maximum absolute atomic E-state index is 12.4. The van der Waals surface area contributed by atoms with E-state index >= 15 is 0 Å². The molecule has 1 unspecified atom stereocenters. The summed E-state index contributed by atoms with van der Waals surface area (Å²) in [5.41, 5.74) is 2.76. The molecule has 0 bridgehead atoms. The van der Waals surface area contributed by atoms with Gasteiger partial charge in [0.2, 0.25) is 0 Å². The second-order valence-electron chi connectivity index (χ2n) is 6.64. The van der Waals surface area contributed by atoms with Crippen LogP contribution in [0.15, 0.2) is 30.3 Å². The number of hydrogen-bond acceptors (Lipinski definition) is 5. The molecule has 1 aliphatic heterocycles. The van der Waals surface area contributed by atoms with Crippen LogP contribution in [0.25, 0.3) is 0 Å². The molecule has 3 rings (SSSR count). The Labute approximate surface area is 158 Å². The zero-order chi connectivity index (χ0) is 19.4. The molecule has 1 aromatic carbocycles. The number of rotatable bonds is 6. The third-order valence-electron chi connectivity index (χ3n) is 4.54. The van der Waals surface area contributed by atoms with E-state index in [9.17, 15) is 14.7 Å². The number of carbonyl (C=O) groups is 2. The van der Waals surface area contributed by atoms with Gasteiger partial charge in [-0.15, -0.1) is 0 Å². The predicted octanol–water partition coefficient (Wildman–Crippen LogP) is 0.552. The molecule has 0 radical (unpaired) electrons. The molecule has 0 fully saturated rings. The zero-order valence-electron chi connectivity index (χ0n) is 15.6. The van der Waals surface area contributed by atoms with Gasteiger partial charge in [-0.05, 0) is 31.5 Å². The molecule has 3 N–H and O–H groups in total. The van der Waals surface area contributed by atoms with Crippen LogP contribution in [-0.4, -0.2) is 59.0 Å². The number of hydrogen-bond donors (Lipinski definition) is 3. The first kappa shape index (κ1) is 18.9. The first-order valence-corrected chi connectivity index (χ1v) is 9.12. The van der Waals surface area contributed by atoms with Crippen LogP contribution in [-0.2, 0) is 6.54 Å². The van der Waals surface area contributed by atoms with Crippen molar-refractivity contribution in [3.8, 4) is 0 Å². The molecule has 0 saturated carbocycles. The second-order valence-corrected chi connectivity index (χ2v) is 6.64. The fraction of sp³-hybridized carbons (Fsp3) is 0.421. The number of fused-ring (bicyclic) bond motifs is 1. The first-order chi connectivity index (χ1) is 13.0. The molecule has 1 aromatic heterocycles. The van der Waals surface area contributed by atoms with Crippen molar-refractivity contribution in [2.75, 3.05) is 31.1 Å². The third kappa shape index (κ3) is 4.46. The summed E-state index contributed by atoms with van der Waals surface area (Å²) in [6.07, 6.45) is -0.724. The van der Waals surface area contributed by atoms with Crippen molar-refractivity contribution in [1.29, 1.82) is 0 Å². The molecule has 0 aliphatic carbocycles. The molecule has 0 saturated heterocycles. The molecule has 1 aliphatic rings. The number of likely N-dealkylation sites (N-methyl/N-ethyl adjacent to an activating group) is 1. The van der Waals surface area contributed by atoms with Gasteiger partial charge in [-0.3, -0.25) is 14.3 Å². The van der Waals surface area contributed by atoms with Crippen molar-refractivity contribution in [2.45, 2.75) is 26.5 Å². The molecule has 8 heteroatoms. The highest BCUT2D eigenvalue weighted by atomic mass is 16.3. The number of amides is 2. The summed E-state index contributed by atoms with van der Waals surface area (Å²) in [6, 6.07) is 9.69. The van der Waals surface area contributed by atoms with Crippen molar-refractivity contribution in [3.63, 3.8) is 0 Å². The van der Waals surface area contributed by atoms with E-state index < -0.39 is 6.10 Å². The van der Waals surface area contributed by atoms with Crippen molar-refractivity contribution < 1.29 is 14.7 Å². The van der Waals surface area contributed by atoms with Crippen molar-refractivity contribution in [2.24, 2.45) is 0 Å². The number of aliphatic hydroxyl groups is 1. The molecular weight excluding hydrogens is 346 g/mol. The van der Waals surface area contributed by atoms with Crippen molar-refractivity contribution in [3.05, 3.63) is 47.3 Å². The summed E-state index contributed by atoms with van der Waals surface area (Å²) < 4.78 is 1.38. The van der Waals surface area contributed by atoms with Crippen LogP contribution in [0.4, 0.5) is 5.69 Å². The van der Waals surface area contributed by atoms with Crippen LogP contribution in [0.5, 0.6) is 0 Å². The Kier molecular flexibility index (Phi) is 5.75. The number of nitrogens with zero attached hydrogens (tertiary/aromatic N) is 3. The van der Waals surface area contributed by atoms with Gasteiger partial charge in [0, 0.05) is 37.9 Å². The van der Waals surface area contributed by atoms with Gasteiger partial charge in [-0.25, -0.2) is 0 Å². The average Bonchev–Trinajstić information content (AvgIpc) is 3.01. The molecule has 2 heterocycles. The van der Waals surface area contributed by atoms with Crippen LogP contribution in [0.2, 0.25) is 0 Å². The van der Waals surface area contributed by atoms with E-state index in [1.807, 2.05) is 6.07 Å². The van der Waals surface area contributed by atoms with Crippen LogP contribution in [0.1, 0.15) is 33.5 Å². The van der Waals surface area contributed by atoms with Gasteiger partial charge in [0.1, 0.15) is 5.69 Å². The van der Waals surface area contributed by atoms with E-state index in [4.69, 9.17) is 0 Å². The van der Waals surface area contributed by atoms with Crippen LogP contribution >= 0.6 is 0 Å². The Hall–Kier alpha value is -2.87. The lowest BCUT2D eigenvalue weighted by Crippen LogP contribution is -2.35. The minimum Gasteiger partial charge on any atom is -0.389 e. The average molecular weight is 371 g/mol. The highest BCUT2D eigenvalue weighted by molar-refractivity contribution is 5.98. The minimum absolute atomic E-state index is 0.174. The van der Waals surface area contributed by atoms with E-state index in [1.54, 1.807) is 0 Å². The van der Waals surface area contributed by atoms with E-state index in [2.05, 4.69) is 52.7 Å². The SMILES string of the molecule is CCN(CCNC(=O)c1cc2n(n1)CC(O)CNC2=O)c1cccc(C)c1. The monoisotopic (exact) mass is 371 g/mol. The molecule has 2 aromatic rings. The lowest BCUT2D eigenvalue weighted by Gasteiger charge is -2.23.